The number of likely N-dealkylation sites (tertiary alicyclic amines) is 1. The third-order valence-corrected chi connectivity index (χ3v) is 4.71. The van der Waals surface area contributed by atoms with Gasteiger partial charge in [-0.3, -0.25) is 9.69 Å². The van der Waals surface area contributed by atoms with E-state index in [1.54, 1.807) is 4.90 Å². The highest BCUT2D eigenvalue weighted by Crippen LogP contribution is 2.33. The molecule has 1 amide bonds. The number of aliphatic hydroxyl groups is 1. The molecule has 2 saturated heterocycles. The van der Waals surface area contributed by atoms with Crippen molar-refractivity contribution in [3.05, 3.63) is 35.4 Å². The number of carbonyl (C=O) groups is 1. The maximum absolute atomic E-state index is 12.4. The highest BCUT2D eigenvalue weighted by molar-refractivity contribution is 5.78. The predicted molar refractivity (Wildman–Crippen MR) is 83.5 cm³/mol. The summed E-state index contributed by atoms with van der Waals surface area (Å²) in [7, 11) is 0. The Morgan fingerprint density at radius 3 is 2.73 bits per heavy atom. The first-order valence-corrected chi connectivity index (χ1v) is 7.95. The summed E-state index contributed by atoms with van der Waals surface area (Å²) in [6.45, 7) is 6.44. The Kier molecular flexibility index (Phi) is 4.47. The summed E-state index contributed by atoms with van der Waals surface area (Å²) >= 11 is 0. The van der Waals surface area contributed by atoms with E-state index in [1.165, 1.54) is 0 Å². The van der Waals surface area contributed by atoms with E-state index < -0.39 is 5.60 Å². The second-order valence-corrected chi connectivity index (χ2v) is 6.30. The number of β-amino-alcohol motifs (C(OH)–C–C–N with tert-alkyl or cyclic N) is 1. The molecular formula is C17H24N2O3. The summed E-state index contributed by atoms with van der Waals surface area (Å²) in [6, 6.07) is 7.88. The van der Waals surface area contributed by atoms with Crippen LogP contribution in [0.1, 0.15) is 17.5 Å². The quantitative estimate of drug-likeness (QED) is 0.895. The van der Waals surface area contributed by atoms with E-state index in [0.29, 0.717) is 39.3 Å². The number of carbonyl (C=O) groups excluding carboxylic acids is 1. The summed E-state index contributed by atoms with van der Waals surface area (Å²) in [5, 5.41) is 10.9. The van der Waals surface area contributed by atoms with Gasteiger partial charge in [-0.1, -0.05) is 24.3 Å². The third-order valence-electron chi connectivity index (χ3n) is 4.71. The first-order chi connectivity index (χ1) is 10.6. The van der Waals surface area contributed by atoms with E-state index in [0.717, 1.165) is 24.2 Å². The predicted octanol–water partition coefficient (Wildman–Crippen LogP) is 0.747. The summed E-state index contributed by atoms with van der Waals surface area (Å²) in [5.41, 5.74) is 1.11. The van der Waals surface area contributed by atoms with Crippen molar-refractivity contribution in [3.63, 3.8) is 0 Å². The van der Waals surface area contributed by atoms with E-state index in [2.05, 4.69) is 4.90 Å². The number of rotatable bonds is 3. The van der Waals surface area contributed by atoms with Crippen molar-refractivity contribution >= 4 is 5.91 Å². The van der Waals surface area contributed by atoms with Crippen molar-refractivity contribution in [3.8, 4) is 0 Å². The van der Waals surface area contributed by atoms with Gasteiger partial charge in [0.25, 0.3) is 0 Å². The van der Waals surface area contributed by atoms with Crippen LogP contribution in [0.25, 0.3) is 0 Å². The normalized spacial score (nSPS) is 26.4. The van der Waals surface area contributed by atoms with Crippen LogP contribution in [0.2, 0.25) is 0 Å². The molecular weight excluding hydrogens is 280 g/mol. The highest BCUT2D eigenvalue weighted by atomic mass is 16.5. The second kappa shape index (κ2) is 6.36. The van der Waals surface area contributed by atoms with Gasteiger partial charge in [-0.2, -0.15) is 0 Å². The minimum atomic E-state index is -0.911. The molecule has 0 radical (unpaired) electrons. The van der Waals surface area contributed by atoms with Crippen LogP contribution >= 0.6 is 0 Å². The fourth-order valence-corrected chi connectivity index (χ4v) is 3.37. The van der Waals surface area contributed by atoms with Gasteiger partial charge >= 0.3 is 0 Å². The van der Waals surface area contributed by atoms with Crippen LogP contribution in [0.15, 0.2) is 24.3 Å². The van der Waals surface area contributed by atoms with Crippen LogP contribution in [-0.2, 0) is 15.1 Å². The molecule has 2 aliphatic heterocycles. The van der Waals surface area contributed by atoms with E-state index in [9.17, 15) is 9.90 Å². The van der Waals surface area contributed by atoms with E-state index in [-0.39, 0.29) is 5.91 Å². The number of ether oxygens (including phenoxy) is 1. The van der Waals surface area contributed by atoms with E-state index in [4.69, 9.17) is 4.74 Å². The standard InChI is InChI=1S/C17H24N2O3/c1-14-4-2-3-5-15(14)17(21)6-7-19(13-17)16(20)12-18-8-10-22-11-9-18/h2-5,21H,6-13H2,1H3/t17-/m1/s1. The van der Waals surface area contributed by atoms with Gasteiger partial charge in [0.2, 0.25) is 5.91 Å². The molecule has 2 aliphatic rings. The van der Waals surface area contributed by atoms with Crippen LogP contribution in [0.5, 0.6) is 0 Å². The second-order valence-electron chi connectivity index (χ2n) is 6.30. The Hall–Kier alpha value is -1.43. The number of aryl methyl sites for hydroxylation is 1. The lowest BCUT2D eigenvalue weighted by atomic mass is 9.89. The Morgan fingerprint density at radius 2 is 2.00 bits per heavy atom. The monoisotopic (exact) mass is 304 g/mol. The number of hydrogen-bond donors (Lipinski definition) is 1. The lowest BCUT2D eigenvalue weighted by Gasteiger charge is -2.29. The van der Waals surface area contributed by atoms with Gasteiger partial charge in [0.05, 0.1) is 26.3 Å². The number of morpholine rings is 1. The van der Waals surface area contributed by atoms with Gasteiger partial charge in [-0.25, -0.2) is 0 Å². The van der Waals surface area contributed by atoms with Gasteiger partial charge in [0.1, 0.15) is 5.60 Å². The fraction of sp³-hybridized carbons (Fsp3) is 0.588. The molecule has 5 nitrogen and oxygen atoms in total. The number of benzene rings is 1. The molecule has 0 spiro atoms. The number of nitrogens with zero attached hydrogens (tertiary/aromatic N) is 2. The molecule has 0 bridgehead atoms. The van der Waals surface area contributed by atoms with Crippen molar-refractivity contribution in [1.29, 1.82) is 0 Å². The van der Waals surface area contributed by atoms with Gasteiger partial charge in [-0.15, -0.1) is 0 Å². The zero-order valence-corrected chi connectivity index (χ0v) is 13.1. The zero-order valence-electron chi connectivity index (χ0n) is 13.1. The average Bonchev–Trinajstić information content (AvgIpc) is 2.92. The fourth-order valence-electron chi connectivity index (χ4n) is 3.37. The molecule has 3 rings (SSSR count). The first-order valence-electron chi connectivity index (χ1n) is 7.95. The molecule has 1 aromatic rings. The maximum Gasteiger partial charge on any atom is 0.236 e. The van der Waals surface area contributed by atoms with Crippen LogP contribution in [0.3, 0.4) is 0 Å². The van der Waals surface area contributed by atoms with Crippen molar-refractivity contribution in [1.82, 2.24) is 9.80 Å². The number of amides is 1. The molecule has 2 heterocycles. The minimum absolute atomic E-state index is 0.103. The van der Waals surface area contributed by atoms with Crippen LogP contribution in [0, 0.1) is 6.92 Å². The molecule has 22 heavy (non-hydrogen) atoms. The molecule has 0 aromatic heterocycles. The third kappa shape index (κ3) is 3.16. The Morgan fingerprint density at radius 1 is 1.27 bits per heavy atom. The molecule has 0 aliphatic carbocycles. The summed E-state index contributed by atoms with van der Waals surface area (Å²) in [4.78, 5) is 16.4. The van der Waals surface area contributed by atoms with Gasteiger partial charge in [0, 0.05) is 19.6 Å². The van der Waals surface area contributed by atoms with Crippen LogP contribution in [-0.4, -0.2) is 66.8 Å². The topological polar surface area (TPSA) is 53.0 Å². The molecule has 120 valence electrons. The number of hydrogen-bond acceptors (Lipinski definition) is 4. The van der Waals surface area contributed by atoms with Crippen molar-refractivity contribution in [2.45, 2.75) is 18.9 Å². The van der Waals surface area contributed by atoms with Gasteiger partial charge < -0.3 is 14.7 Å². The first kappa shape index (κ1) is 15.5. The molecule has 0 saturated carbocycles. The molecule has 1 atom stereocenters. The lowest BCUT2D eigenvalue weighted by molar-refractivity contribution is -0.133. The Bertz CT molecular complexity index is 542. The largest absolute Gasteiger partial charge is 0.383 e. The molecule has 1 aromatic carbocycles. The van der Waals surface area contributed by atoms with Crippen LogP contribution in [0.4, 0.5) is 0 Å². The van der Waals surface area contributed by atoms with Crippen LogP contribution < -0.4 is 0 Å². The zero-order chi connectivity index (χ0) is 15.6. The summed E-state index contributed by atoms with van der Waals surface area (Å²) in [5.74, 6) is 0.103. The van der Waals surface area contributed by atoms with Gasteiger partial charge in [0.15, 0.2) is 0 Å². The smallest absolute Gasteiger partial charge is 0.236 e. The van der Waals surface area contributed by atoms with Gasteiger partial charge in [-0.05, 0) is 24.5 Å². The van der Waals surface area contributed by atoms with E-state index in [1.807, 2.05) is 31.2 Å². The molecule has 0 unspecified atom stereocenters. The molecule has 5 heteroatoms. The van der Waals surface area contributed by atoms with Crippen molar-refractivity contribution in [2.24, 2.45) is 0 Å². The van der Waals surface area contributed by atoms with E-state index >= 15 is 0 Å². The van der Waals surface area contributed by atoms with Crippen molar-refractivity contribution < 1.29 is 14.6 Å². The summed E-state index contributed by atoms with van der Waals surface area (Å²) in [6.07, 6.45) is 0.604. The molecule has 1 N–H and O–H groups in total. The minimum Gasteiger partial charge on any atom is -0.383 e. The molecule has 2 fully saturated rings. The lowest BCUT2D eigenvalue weighted by Crippen LogP contribution is -2.45. The van der Waals surface area contributed by atoms with Crippen molar-refractivity contribution in [2.75, 3.05) is 45.9 Å². The maximum atomic E-state index is 12.4. The summed E-state index contributed by atoms with van der Waals surface area (Å²) < 4.78 is 5.30. The highest BCUT2D eigenvalue weighted by Gasteiger charge is 2.40. The average molecular weight is 304 g/mol. The Balaban J connectivity index is 1.64. The Labute approximate surface area is 131 Å². The SMILES string of the molecule is Cc1ccccc1[C@@]1(O)CCN(C(=O)CN2CCOCC2)C1.